The molecule has 2 heterocycles. The van der Waals surface area contributed by atoms with Gasteiger partial charge in [-0.3, -0.25) is 4.79 Å². The molecule has 1 aliphatic rings. The van der Waals surface area contributed by atoms with Crippen LogP contribution in [0.25, 0.3) is 0 Å². The van der Waals surface area contributed by atoms with Crippen LogP contribution in [-0.4, -0.2) is 30.7 Å². The minimum absolute atomic E-state index is 0.0170. The normalized spacial score (nSPS) is 17.5. The Morgan fingerprint density at radius 2 is 2.04 bits per heavy atom. The maximum atomic E-state index is 12.0. The number of anilines is 1. The Morgan fingerprint density at radius 3 is 2.69 bits per heavy atom. The number of benzene rings is 1. The number of carbonyl (C=O) groups excluding carboxylic acids is 2. The molecule has 0 radical (unpaired) electrons. The van der Waals surface area contributed by atoms with E-state index in [1.807, 2.05) is 19.1 Å². The fourth-order valence-electron chi connectivity index (χ4n) is 2.84. The van der Waals surface area contributed by atoms with Gasteiger partial charge in [0.15, 0.2) is 5.76 Å². The number of carbonyl (C=O) groups is 2. The van der Waals surface area contributed by atoms with Crippen molar-refractivity contribution in [2.75, 3.05) is 11.9 Å². The Bertz CT molecular complexity index is 722. The van der Waals surface area contributed by atoms with Gasteiger partial charge in [-0.2, -0.15) is 0 Å². The first-order chi connectivity index (χ1) is 12.6. The third-order valence-corrected chi connectivity index (χ3v) is 4.29. The van der Waals surface area contributed by atoms with Crippen molar-refractivity contribution in [1.29, 1.82) is 0 Å². The molecule has 7 heteroatoms. The molecule has 3 rings (SSSR count). The lowest BCUT2D eigenvalue weighted by Crippen LogP contribution is -2.45. The average Bonchev–Trinajstić information content (AvgIpc) is 3.34. The van der Waals surface area contributed by atoms with Crippen molar-refractivity contribution in [1.82, 2.24) is 10.6 Å². The molecule has 2 atom stereocenters. The van der Waals surface area contributed by atoms with Crippen molar-refractivity contribution in [2.45, 2.75) is 38.5 Å². The molecule has 1 aromatic carbocycles. The monoisotopic (exact) mass is 357 g/mol. The lowest BCUT2D eigenvalue weighted by molar-refractivity contribution is 0.0860. The van der Waals surface area contributed by atoms with Crippen molar-refractivity contribution >= 4 is 17.6 Å². The van der Waals surface area contributed by atoms with E-state index in [1.165, 1.54) is 6.26 Å². The topological polar surface area (TPSA) is 92.6 Å². The Morgan fingerprint density at radius 1 is 1.23 bits per heavy atom. The van der Waals surface area contributed by atoms with Crippen LogP contribution in [0.2, 0.25) is 0 Å². The summed E-state index contributed by atoms with van der Waals surface area (Å²) in [4.78, 5) is 23.9. The summed E-state index contributed by atoms with van der Waals surface area (Å²) in [5.74, 6) is -0.0452. The number of furan rings is 1. The first-order valence-corrected chi connectivity index (χ1v) is 8.71. The maximum Gasteiger partial charge on any atom is 0.315 e. The summed E-state index contributed by atoms with van der Waals surface area (Å²) < 4.78 is 10.6. The summed E-state index contributed by atoms with van der Waals surface area (Å²) in [7, 11) is 0. The molecule has 3 N–H and O–H groups in total. The molecular formula is C19H23N3O4. The van der Waals surface area contributed by atoms with Gasteiger partial charge in [0.1, 0.15) is 0 Å². The van der Waals surface area contributed by atoms with Crippen LogP contribution >= 0.6 is 0 Å². The average molecular weight is 357 g/mol. The highest BCUT2D eigenvalue weighted by atomic mass is 16.5. The zero-order valence-corrected chi connectivity index (χ0v) is 14.7. The Labute approximate surface area is 152 Å². The number of hydrogen-bond donors (Lipinski definition) is 3. The molecule has 2 aromatic rings. The minimum Gasteiger partial charge on any atom is -0.459 e. The van der Waals surface area contributed by atoms with Crippen LogP contribution in [0.15, 0.2) is 47.1 Å². The highest BCUT2D eigenvalue weighted by Gasteiger charge is 2.23. The van der Waals surface area contributed by atoms with Gasteiger partial charge in [0.05, 0.1) is 18.4 Å². The lowest BCUT2D eigenvalue weighted by Gasteiger charge is -2.20. The summed E-state index contributed by atoms with van der Waals surface area (Å²) in [5.41, 5.74) is 1.59. The number of urea groups is 1. The fraction of sp³-hybridized carbons (Fsp3) is 0.368. The molecule has 0 aliphatic carbocycles. The molecule has 0 unspecified atom stereocenters. The van der Waals surface area contributed by atoms with E-state index in [4.69, 9.17) is 9.15 Å². The van der Waals surface area contributed by atoms with E-state index in [1.54, 1.807) is 24.3 Å². The summed E-state index contributed by atoms with van der Waals surface area (Å²) in [5, 5.41) is 8.48. The minimum atomic E-state index is -0.302. The molecule has 0 spiro atoms. The number of nitrogens with one attached hydrogen (secondary N) is 3. The Hall–Kier alpha value is -2.80. The molecule has 1 fully saturated rings. The molecule has 1 saturated heterocycles. The van der Waals surface area contributed by atoms with Crippen molar-refractivity contribution in [3.05, 3.63) is 54.0 Å². The molecule has 0 bridgehead atoms. The molecule has 26 heavy (non-hydrogen) atoms. The molecule has 138 valence electrons. The van der Waals surface area contributed by atoms with Crippen molar-refractivity contribution in [3.63, 3.8) is 0 Å². The Balaban J connectivity index is 1.43. The largest absolute Gasteiger partial charge is 0.459 e. The van der Waals surface area contributed by atoms with Gasteiger partial charge in [-0.1, -0.05) is 12.1 Å². The SMILES string of the molecule is C[C@@H](NC(=O)NCc1ccc(NC(=O)c2ccco2)cc1)[C@@H]1CCCO1. The third kappa shape index (κ3) is 4.86. The van der Waals surface area contributed by atoms with Crippen LogP contribution in [0.4, 0.5) is 10.5 Å². The van der Waals surface area contributed by atoms with Crippen molar-refractivity contribution < 1.29 is 18.7 Å². The quantitative estimate of drug-likeness (QED) is 0.741. The molecule has 0 saturated carbocycles. The van der Waals surface area contributed by atoms with Gasteiger partial charge >= 0.3 is 6.03 Å². The second-order valence-electron chi connectivity index (χ2n) is 6.30. The molecule has 3 amide bonds. The smallest absolute Gasteiger partial charge is 0.315 e. The molecular weight excluding hydrogens is 334 g/mol. The first kappa shape index (κ1) is 18.0. The van der Waals surface area contributed by atoms with Crippen LogP contribution < -0.4 is 16.0 Å². The van der Waals surface area contributed by atoms with Crippen LogP contribution in [-0.2, 0) is 11.3 Å². The van der Waals surface area contributed by atoms with Gasteiger partial charge in [0.2, 0.25) is 0 Å². The van der Waals surface area contributed by atoms with Crippen LogP contribution in [0, 0.1) is 0 Å². The van der Waals surface area contributed by atoms with E-state index in [9.17, 15) is 9.59 Å². The zero-order chi connectivity index (χ0) is 18.4. The summed E-state index contributed by atoms with van der Waals surface area (Å²) in [6.45, 7) is 3.11. The van der Waals surface area contributed by atoms with Gasteiger partial charge < -0.3 is 25.1 Å². The first-order valence-electron chi connectivity index (χ1n) is 8.71. The highest BCUT2D eigenvalue weighted by Crippen LogP contribution is 2.15. The van der Waals surface area contributed by atoms with Gasteiger partial charge in [0.25, 0.3) is 5.91 Å². The van der Waals surface area contributed by atoms with Gasteiger partial charge in [-0.05, 0) is 49.6 Å². The summed E-state index contributed by atoms with van der Waals surface area (Å²) in [6.07, 6.45) is 3.57. The number of ether oxygens (including phenoxy) is 1. The summed E-state index contributed by atoms with van der Waals surface area (Å²) >= 11 is 0. The van der Waals surface area contributed by atoms with E-state index in [0.717, 1.165) is 25.0 Å². The van der Waals surface area contributed by atoms with Crippen molar-refractivity contribution in [3.8, 4) is 0 Å². The van der Waals surface area contributed by atoms with E-state index in [-0.39, 0.29) is 29.8 Å². The fourth-order valence-corrected chi connectivity index (χ4v) is 2.84. The van der Waals surface area contributed by atoms with Gasteiger partial charge in [-0.25, -0.2) is 4.79 Å². The molecule has 7 nitrogen and oxygen atoms in total. The zero-order valence-electron chi connectivity index (χ0n) is 14.7. The van der Waals surface area contributed by atoms with Gasteiger partial charge in [0, 0.05) is 18.8 Å². The standard InChI is InChI=1S/C19H23N3O4/c1-13(16-4-2-10-25-16)21-19(24)20-12-14-6-8-15(9-7-14)22-18(23)17-5-3-11-26-17/h3,5-9,11,13,16H,2,4,10,12H2,1H3,(H,22,23)(H2,20,21,24)/t13-,16+/m1/s1. The van der Waals surface area contributed by atoms with E-state index in [0.29, 0.717) is 12.2 Å². The van der Waals surface area contributed by atoms with Crippen LogP contribution in [0.3, 0.4) is 0 Å². The molecule has 1 aliphatic heterocycles. The second-order valence-corrected chi connectivity index (χ2v) is 6.30. The van der Waals surface area contributed by atoms with E-state index in [2.05, 4.69) is 16.0 Å². The number of rotatable bonds is 6. The van der Waals surface area contributed by atoms with Crippen LogP contribution in [0.1, 0.15) is 35.9 Å². The predicted molar refractivity (Wildman–Crippen MR) is 96.9 cm³/mol. The Kier molecular flexibility index (Phi) is 5.91. The second kappa shape index (κ2) is 8.53. The van der Waals surface area contributed by atoms with Crippen LogP contribution in [0.5, 0.6) is 0 Å². The third-order valence-electron chi connectivity index (χ3n) is 4.29. The van der Waals surface area contributed by atoms with E-state index >= 15 is 0 Å². The maximum absolute atomic E-state index is 12.0. The number of amides is 3. The number of hydrogen-bond acceptors (Lipinski definition) is 4. The predicted octanol–water partition coefficient (Wildman–Crippen LogP) is 2.90. The van der Waals surface area contributed by atoms with Crippen molar-refractivity contribution in [2.24, 2.45) is 0 Å². The van der Waals surface area contributed by atoms with E-state index < -0.39 is 0 Å². The van der Waals surface area contributed by atoms with Gasteiger partial charge in [-0.15, -0.1) is 0 Å². The highest BCUT2D eigenvalue weighted by molar-refractivity contribution is 6.02. The molecule has 1 aromatic heterocycles. The summed E-state index contributed by atoms with van der Waals surface area (Å²) in [6, 6.07) is 10.3. The lowest BCUT2D eigenvalue weighted by atomic mass is 10.1.